The lowest BCUT2D eigenvalue weighted by atomic mass is 10.3. The molecule has 1 N–H and O–H groups in total. The van der Waals surface area contributed by atoms with E-state index in [4.69, 9.17) is 0 Å². The fraction of sp³-hybridized carbons (Fsp3) is 0.250. The maximum Gasteiger partial charge on any atom is 0.397 e. The predicted molar refractivity (Wildman–Crippen MR) is 53.0 cm³/mol. The van der Waals surface area contributed by atoms with Gasteiger partial charge < -0.3 is 15.4 Å². The molecule has 1 aromatic rings. The molecular formula is C8H10N4O3. The zero-order chi connectivity index (χ0) is 11.4. The fourth-order valence-electron chi connectivity index (χ4n) is 1.00. The van der Waals surface area contributed by atoms with E-state index in [1.54, 1.807) is 7.05 Å². The molecule has 0 saturated carbocycles. The van der Waals surface area contributed by atoms with Crippen LogP contribution in [0.1, 0.15) is 5.56 Å². The van der Waals surface area contributed by atoms with E-state index in [-0.39, 0.29) is 11.7 Å². The molecule has 0 bridgehead atoms. The van der Waals surface area contributed by atoms with Gasteiger partial charge in [-0.05, 0) is 11.0 Å². The van der Waals surface area contributed by atoms with Gasteiger partial charge in [0.25, 0.3) is 0 Å². The van der Waals surface area contributed by atoms with Crippen LogP contribution in [-0.4, -0.2) is 27.7 Å². The van der Waals surface area contributed by atoms with Crippen molar-refractivity contribution in [3.8, 4) is 0 Å². The minimum absolute atomic E-state index is 0.266. The summed E-state index contributed by atoms with van der Waals surface area (Å²) in [5, 5.41) is 16.6. The lowest BCUT2D eigenvalue weighted by Crippen LogP contribution is -2.13. The molecule has 0 saturated heterocycles. The van der Waals surface area contributed by atoms with Crippen LogP contribution in [0.2, 0.25) is 0 Å². The SMILES string of the molecule is CNC(=O)C=Cc1cn(C)nc1[N+](=O)[O-]. The van der Waals surface area contributed by atoms with E-state index in [2.05, 4.69) is 10.4 Å². The number of nitro groups is 1. The summed E-state index contributed by atoms with van der Waals surface area (Å²) in [6, 6.07) is 0. The van der Waals surface area contributed by atoms with Crippen molar-refractivity contribution in [1.29, 1.82) is 0 Å². The second-order valence-electron chi connectivity index (χ2n) is 2.79. The fourth-order valence-corrected chi connectivity index (χ4v) is 1.00. The first-order valence-electron chi connectivity index (χ1n) is 4.12. The van der Waals surface area contributed by atoms with Crippen molar-refractivity contribution < 1.29 is 9.72 Å². The third-order valence-electron chi connectivity index (χ3n) is 1.67. The van der Waals surface area contributed by atoms with Crippen LogP contribution in [0, 0.1) is 10.1 Å². The molecule has 0 atom stereocenters. The Morgan fingerprint density at radius 3 is 2.93 bits per heavy atom. The van der Waals surface area contributed by atoms with Crippen LogP contribution in [0.3, 0.4) is 0 Å². The third-order valence-corrected chi connectivity index (χ3v) is 1.67. The average molecular weight is 210 g/mol. The summed E-state index contributed by atoms with van der Waals surface area (Å²) in [4.78, 5) is 20.8. The van der Waals surface area contributed by atoms with Gasteiger partial charge in [0.15, 0.2) is 0 Å². The Kier molecular flexibility index (Phi) is 3.17. The molecule has 0 aliphatic heterocycles. The standard InChI is InChI=1S/C8H10N4O3/c1-9-7(13)4-3-6-5-11(2)10-8(6)12(14)15/h3-5H,1-2H3,(H,9,13). The predicted octanol–water partition coefficient (Wildman–Crippen LogP) is 0.0875. The summed E-state index contributed by atoms with van der Waals surface area (Å²) >= 11 is 0. The zero-order valence-corrected chi connectivity index (χ0v) is 8.30. The molecule has 7 heteroatoms. The number of aromatic nitrogens is 2. The number of aryl methyl sites for hydroxylation is 1. The van der Waals surface area contributed by atoms with Gasteiger partial charge in [-0.25, -0.2) is 0 Å². The van der Waals surface area contributed by atoms with Crippen LogP contribution in [0.15, 0.2) is 12.3 Å². The average Bonchev–Trinajstić information content (AvgIpc) is 2.56. The molecule has 0 aromatic carbocycles. The van der Waals surface area contributed by atoms with Crippen LogP contribution in [-0.2, 0) is 11.8 Å². The molecule has 7 nitrogen and oxygen atoms in total. The number of carbonyl (C=O) groups is 1. The van der Waals surface area contributed by atoms with Crippen molar-refractivity contribution in [2.45, 2.75) is 0 Å². The highest BCUT2D eigenvalue weighted by molar-refractivity contribution is 5.91. The number of carbonyl (C=O) groups excluding carboxylic acids is 1. The molecule has 1 heterocycles. The summed E-state index contributed by atoms with van der Waals surface area (Å²) in [6.07, 6.45) is 4.03. The summed E-state index contributed by atoms with van der Waals surface area (Å²) in [5.74, 6) is -0.592. The summed E-state index contributed by atoms with van der Waals surface area (Å²) in [6.45, 7) is 0. The number of hydrogen-bond acceptors (Lipinski definition) is 4. The van der Waals surface area contributed by atoms with Crippen molar-refractivity contribution in [3.05, 3.63) is 28.0 Å². The van der Waals surface area contributed by atoms with E-state index in [9.17, 15) is 14.9 Å². The second-order valence-corrected chi connectivity index (χ2v) is 2.79. The first kappa shape index (κ1) is 10.9. The topological polar surface area (TPSA) is 90.1 Å². The van der Waals surface area contributed by atoms with Gasteiger partial charge in [0.1, 0.15) is 0 Å². The maximum atomic E-state index is 10.9. The summed E-state index contributed by atoms with van der Waals surface area (Å²) < 4.78 is 1.32. The van der Waals surface area contributed by atoms with E-state index >= 15 is 0 Å². The molecule has 0 fully saturated rings. The van der Waals surface area contributed by atoms with Gasteiger partial charge in [0, 0.05) is 13.1 Å². The van der Waals surface area contributed by atoms with Crippen molar-refractivity contribution in [1.82, 2.24) is 15.1 Å². The second kappa shape index (κ2) is 4.36. The van der Waals surface area contributed by atoms with Crippen LogP contribution >= 0.6 is 0 Å². The van der Waals surface area contributed by atoms with E-state index < -0.39 is 4.92 Å². The van der Waals surface area contributed by atoms with Crippen molar-refractivity contribution in [2.24, 2.45) is 7.05 Å². The monoisotopic (exact) mass is 210 g/mol. The highest BCUT2D eigenvalue weighted by Crippen LogP contribution is 2.16. The largest absolute Gasteiger partial charge is 0.397 e. The van der Waals surface area contributed by atoms with Crippen LogP contribution in [0.5, 0.6) is 0 Å². The normalized spacial score (nSPS) is 10.5. The van der Waals surface area contributed by atoms with Gasteiger partial charge in [-0.15, -0.1) is 0 Å². The van der Waals surface area contributed by atoms with Crippen LogP contribution < -0.4 is 5.32 Å². The van der Waals surface area contributed by atoms with Gasteiger partial charge >= 0.3 is 5.82 Å². The van der Waals surface area contributed by atoms with E-state index in [1.807, 2.05) is 0 Å². The lowest BCUT2D eigenvalue weighted by molar-refractivity contribution is -0.390. The number of nitrogens with one attached hydrogen (secondary N) is 1. The summed E-state index contributed by atoms with van der Waals surface area (Å²) in [5.41, 5.74) is 0.297. The number of likely N-dealkylation sites (N-methyl/N-ethyl adjacent to an activating group) is 1. The zero-order valence-electron chi connectivity index (χ0n) is 8.30. The number of amides is 1. The molecule has 80 valence electrons. The number of nitrogens with zero attached hydrogens (tertiary/aromatic N) is 3. The van der Waals surface area contributed by atoms with Crippen molar-refractivity contribution in [2.75, 3.05) is 7.05 Å². The Balaban J connectivity index is 2.98. The molecule has 1 aromatic heterocycles. The molecule has 1 amide bonds. The molecule has 0 aliphatic carbocycles. The van der Waals surface area contributed by atoms with Gasteiger partial charge in [-0.1, -0.05) is 0 Å². The Labute approximate surface area is 85.5 Å². The Hall–Kier alpha value is -2.18. The Morgan fingerprint density at radius 2 is 2.40 bits per heavy atom. The molecule has 0 radical (unpaired) electrons. The maximum absolute atomic E-state index is 10.9. The highest BCUT2D eigenvalue weighted by Gasteiger charge is 2.16. The minimum Gasteiger partial charge on any atom is -0.358 e. The number of hydrogen-bond donors (Lipinski definition) is 1. The third kappa shape index (κ3) is 2.63. The van der Waals surface area contributed by atoms with Gasteiger partial charge in [0.05, 0.1) is 23.9 Å². The van der Waals surface area contributed by atoms with Crippen molar-refractivity contribution >= 4 is 17.8 Å². The molecule has 15 heavy (non-hydrogen) atoms. The van der Waals surface area contributed by atoms with Crippen LogP contribution in [0.4, 0.5) is 5.82 Å². The highest BCUT2D eigenvalue weighted by atomic mass is 16.6. The number of rotatable bonds is 3. The first-order chi connectivity index (χ1) is 7.04. The Bertz CT molecular complexity index is 422. The van der Waals surface area contributed by atoms with E-state index in [1.165, 1.54) is 30.1 Å². The Morgan fingerprint density at radius 1 is 1.73 bits per heavy atom. The lowest BCUT2D eigenvalue weighted by Gasteiger charge is -1.90. The van der Waals surface area contributed by atoms with Crippen LogP contribution in [0.25, 0.3) is 6.08 Å². The van der Waals surface area contributed by atoms with Gasteiger partial charge in [-0.3, -0.25) is 4.79 Å². The van der Waals surface area contributed by atoms with E-state index in [0.29, 0.717) is 5.56 Å². The smallest absolute Gasteiger partial charge is 0.358 e. The molecule has 0 aliphatic rings. The molecular weight excluding hydrogens is 200 g/mol. The summed E-state index contributed by atoms with van der Waals surface area (Å²) in [7, 11) is 3.05. The van der Waals surface area contributed by atoms with Gasteiger partial charge in [-0.2, -0.15) is 4.68 Å². The molecule has 1 rings (SSSR count). The molecule has 0 unspecified atom stereocenters. The van der Waals surface area contributed by atoms with Gasteiger partial charge in [0.2, 0.25) is 5.91 Å². The quantitative estimate of drug-likeness (QED) is 0.434. The minimum atomic E-state index is -0.594. The molecule has 0 spiro atoms. The van der Waals surface area contributed by atoms with E-state index in [0.717, 1.165) is 0 Å². The van der Waals surface area contributed by atoms with Crippen molar-refractivity contribution in [3.63, 3.8) is 0 Å². The first-order valence-corrected chi connectivity index (χ1v) is 4.12.